The van der Waals surface area contributed by atoms with Crippen LogP contribution in [0.5, 0.6) is 0 Å². The Kier molecular flexibility index (Phi) is 2.97. The van der Waals surface area contributed by atoms with Gasteiger partial charge >= 0.3 is 5.97 Å². The van der Waals surface area contributed by atoms with Crippen molar-refractivity contribution in [2.75, 3.05) is 0 Å². The van der Waals surface area contributed by atoms with Crippen molar-refractivity contribution < 1.29 is 9.90 Å². The van der Waals surface area contributed by atoms with Crippen LogP contribution < -0.4 is 5.56 Å². The average Bonchev–Trinajstić information content (AvgIpc) is 2.30. The van der Waals surface area contributed by atoms with Gasteiger partial charge < -0.3 is 10.1 Å². The molecule has 17 heavy (non-hydrogen) atoms. The Bertz CT molecular complexity index is 613. The summed E-state index contributed by atoms with van der Waals surface area (Å²) in [6.07, 6.45) is 1.50. The zero-order valence-electron chi connectivity index (χ0n) is 8.61. The highest BCUT2D eigenvalue weighted by molar-refractivity contribution is 6.36. The molecule has 0 atom stereocenters. The van der Waals surface area contributed by atoms with Gasteiger partial charge in [0.25, 0.3) is 0 Å². The summed E-state index contributed by atoms with van der Waals surface area (Å²) in [5, 5.41) is 9.10. The SMILES string of the molecule is O=C(O)c1cccc(-c2ccc(=O)[nH]c2)c1Cl. The van der Waals surface area contributed by atoms with Crippen LogP contribution in [0.1, 0.15) is 10.4 Å². The first-order chi connectivity index (χ1) is 8.09. The van der Waals surface area contributed by atoms with E-state index in [1.165, 1.54) is 18.3 Å². The first-order valence-corrected chi connectivity index (χ1v) is 5.18. The van der Waals surface area contributed by atoms with Gasteiger partial charge in [-0.25, -0.2) is 4.79 Å². The summed E-state index contributed by atoms with van der Waals surface area (Å²) >= 11 is 6.01. The summed E-state index contributed by atoms with van der Waals surface area (Å²) in [4.78, 5) is 24.4. The number of rotatable bonds is 2. The second-order valence-electron chi connectivity index (χ2n) is 3.41. The molecule has 4 nitrogen and oxygen atoms in total. The summed E-state index contributed by atoms with van der Waals surface area (Å²) in [6, 6.07) is 7.68. The highest BCUT2D eigenvalue weighted by Crippen LogP contribution is 2.29. The van der Waals surface area contributed by atoms with E-state index in [4.69, 9.17) is 16.7 Å². The summed E-state index contributed by atoms with van der Waals surface area (Å²) in [5.41, 5.74) is 1.05. The molecule has 0 bridgehead atoms. The number of hydrogen-bond acceptors (Lipinski definition) is 2. The maximum absolute atomic E-state index is 10.9. The molecule has 2 rings (SSSR count). The molecule has 0 unspecified atom stereocenters. The minimum absolute atomic E-state index is 0.0374. The van der Waals surface area contributed by atoms with Crippen LogP contribution in [0.4, 0.5) is 0 Å². The largest absolute Gasteiger partial charge is 0.478 e. The van der Waals surface area contributed by atoms with E-state index in [0.29, 0.717) is 11.1 Å². The van der Waals surface area contributed by atoms with Crippen LogP contribution >= 0.6 is 11.6 Å². The van der Waals surface area contributed by atoms with E-state index >= 15 is 0 Å². The van der Waals surface area contributed by atoms with Crippen molar-refractivity contribution in [2.24, 2.45) is 0 Å². The van der Waals surface area contributed by atoms with Gasteiger partial charge in [-0.3, -0.25) is 4.79 Å². The number of carboxylic acid groups (broad SMARTS) is 1. The Morgan fingerprint density at radius 3 is 2.59 bits per heavy atom. The van der Waals surface area contributed by atoms with Crippen LogP contribution in [0.3, 0.4) is 0 Å². The molecule has 1 aromatic carbocycles. The molecule has 1 aromatic heterocycles. The van der Waals surface area contributed by atoms with Gasteiger partial charge in [-0.1, -0.05) is 23.7 Å². The van der Waals surface area contributed by atoms with E-state index in [9.17, 15) is 9.59 Å². The number of hydrogen-bond donors (Lipinski definition) is 2. The highest BCUT2D eigenvalue weighted by atomic mass is 35.5. The topological polar surface area (TPSA) is 70.2 Å². The maximum atomic E-state index is 10.9. The molecule has 0 saturated heterocycles. The van der Waals surface area contributed by atoms with Gasteiger partial charge in [0.05, 0.1) is 10.6 Å². The highest BCUT2D eigenvalue weighted by Gasteiger charge is 2.12. The molecule has 5 heteroatoms. The quantitative estimate of drug-likeness (QED) is 0.859. The van der Waals surface area contributed by atoms with Crippen LogP contribution in [0.2, 0.25) is 5.02 Å². The molecule has 0 spiro atoms. The number of benzene rings is 1. The third-order valence-electron chi connectivity index (χ3n) is 2.32. The normalized spacial score (nSPS) is 10.2. The molecular formula is C12H8ClNO3. The smallest absolute Gasteiger partial charge is 0.337 e. The number of nitrogens with one attached hydrogen (secondary N) is 1. The molecule has 1 heterocycles. The Labute approximate surface area is 101 Å². The fourth-order valence-electron chi connectivity index (χ4n) is 1.50. The predicted octanol–water partition coefficient (Wildman–Crippen LogP) is 2.39. The van der Waals surface area contributed by atoms with Crippen molar-refractivity contribution >= 4 is 17.6 Å². The van der Waals surface area contributed by atoms with Crippen molar-refractivity contribution in [1.29, 1.82) is 0 Å². The van der Waals surface area contributed by atoms with E-state index in [1.54, 1.807) is 18.2 Å². The Morgan fingerprint density at radius 2 is 2.00 bits per heavy atom. The number of pyridine rings is 1. The summed E-state index contributed by atoms with van der Waals surface area (Å²) in [5.74, 6) is -1.08. The molecular weight excluding hydrogens is 242 g/mol. The minimum Gasteiger partial charge on any atom is -0.478 e. The van der Waals surface area contributed by atoms with Gasteiger partial charge in [-0.2, -0.15) is 0 Å². The molecule has 0 aliphatic heterocycles. The van der Waals surface area contributed by atoms with E-state index in [0.717, 1.165) is 0 Å². The first kappa shape index (κ1) is 11.4. The second-order valence-corrected chi connectivity index (χ2v) is 3.79. The van der Waals surface area contributed by atoms with E-state index in [1.807, 2.05) is 0 Å². The monoisotopic (exact) mass is 249 g/mol. The number of carbonyl (C=O) groups is 1. The molecule has 0 aliphatic rings. The standard InChI is InChI=1S/C12H8ClNO3/c13-11-8(2-1-3-9(11)12(16)17)7-4-5-10(15)14-6-7/h1-6H,(H,14,15)(H,16,17). The molecule has 86 valence electrons. The van der Waals surface area contributed by atoms with E-state index < -0.39 is 5.97 Å². The van der Waals surface area contributed by atoms with Crippen LogP contribution in [0, 0.1) is 0 Å². The molecule has 0 fully saturated rings. The molecule has 0 saturated carbocycles. The summed E-state index contributed by atoms with van der Waals surface area (Å²) < 4.78 is 0. The Balaban J connectivity index is 2.60. The lowest BCUT2D eigenvalue weighted by molar-refractivity contribution is 0.0697. The lowest BCUT2D eigenvalue weighted by Gasteiger charge is -2.06. The molecule has 2 N–H and O–H groups in total. The predicted molar refractivity (Wildman–Crippen MR) is 64.5 cm³/mol. The van der Waals surface area contributed by atoms with Crippen molar-refractivity contribution in [3.63, 3.8) is 0 Å². The van der Waals surface area contributed by atoms with Crippen LogP contribution in [0.15, 0.2) is 41.3 Å². The van der Waals surface area contributed by atoms with Crippen molar-refractivity contribution in [1.82, 2.24) is 4.98 Å². The van der Waals surface area contributed by atoms with Gasteiger partial charge in [0, 0.05) is 17.8 Å². The van der Waals surface area contributed by atoms with E-state index in [-0.39, 0.29) is 16.1 Å². The number of aromatic carboxylic acids is 1. The van der Waals surface area contributed by atoms with Crippen molar-refractivity contribution in [2.45, 2.75) is 0 Å². The number of carboxylic acids is 1. The third-order valence-corrected chi connectivity index (χ3v) is 2.73. The van der Waals surface area contributed by atoms with Gasteiger partial charge in [0.2, 0.25) is 5.56 Å². The average molecular weight is 250 g/mol. The van der Waals surface area contributed by atoms with Crippen LogP contribution in [0.25, 0.3) is 11.1 Å². The summed E-state index contributed by atoms with van der Waals surface area (Å²) in [6.45, 7) is 0. The zero-order valence-corrected chi connectivity index (χ0v) is 9.36. The number of aromatic amines is 1. The maximum Gasteiger partial charge on any atom is 0.337 e. The van der Waals surface area contributed by atoms with Gasteiger partial charge in [-0.15, -0.1) is 0 Å². The lowest BCUT2D eigenvalue weighted by Crippen LogP contribution is -2.02. The van der Waals surface area contributed by atoms with Gasteiger partial charge in [0.1, 0.15) is 0 Å². The second kappa shape index (κ2) is 4.43. The molecule has 0 radical (unpaired) electrons. The van der Waals surface area contributed by atoms with E-state index in [2.05, 4.69) is 4.98 Å². The fourth-order valence-corrected chi connectivity index (χ4v) is 1.81. The summed E-state index contributed by atoms with van der Waals surface area (Å²) in [7, 11) is 0. The number of halogens is 1. The van der Waals surface area contributed by atoms with Crippen molar-refractivity contribution in [3.05, 3.63) is 57.5 Å². The van der Waals surface area contributed by atoms with Gasteiger partial charge in [-0.05, 0) is 17.7 Å². The first-order valence-electron chi connectivity index (χ1n) is 4.80. The molecule has 0 amide bonds. The number of aromatic nitrogens is 1. The minimum atomic E-state index is -1.08. The van der Waals surface area contributed by atoms with Crippen LogP contribution in [-0.2, 0) is 0 Å². The lowest BCUT2D eigenvalue weighted by atomic mass is 10.0. The van der Waals surface area contributed by atoms with Crippen LogP contribution in [-0.4, -0.2) is 16.1 Å². The fraction of sp³-hybridized carbons (Fsp3) is 0. The molecule has 2 aromatic rings. The van der Waals surface area contributed by atoms with Gasteiger partial charge in [0.15, 0.2) is 0 Å². The Hall–Kier alpha value is -2.07. The molecule has 0 aliphatic carbocycles. The van der Waals surface area contributed by atoms with Crippen molar-refractivity contribution in [3.8, 4) is 11.1 Å². The Morgan fingerprint density at radius 1 is 1.24 bits per heavy atom. The number of H-pyrrole nitrogens is 1. The zero-order chi connectivity index (χ0) is 12.4. The third kappa shape index (κ3) is 2.21.